The first-order chi connectivity index (χ1) is 9.37. The third kappa shape index (κ3) is 4.28. The predicted octanol–water partition coefficient (Wildman–Crippen LogP) is 2.34. The van der Waals surface area contributed by atoms with Crippen molar-refractivity contribution >= 4 is 48.8 Å². The molecule has 2 aromatic heterocycles. The van der Waals surface area contributed by atoms with Crippen LogP contribution in [0.15, 0.2) is 16.3 Å². The fraction of sp³-hybridized carbons (Fsp3) is 0.500. The van der Waals surface area contributed by atoms with Gasteiger partial charge in [0.25, 0.3) is 0 Å². The number of ether oxygens (including phenoxy) is 1. The number of rotatable bonds is 6. The second kappa shape index (κ2) is 6.55. The molecule has 0 fully saturated rings. The minimum atomic E-state index is -1.03. The van der Waals surface area contributed by atoms with E-state index in [-0.39, 0.29) is 0 Å². The quantitative estimate of drug-likeness (QED) is 0.577. The molecule has 0 N–H and O–H groups in total. The molecule has 0 aromatic carbocycles. The van der Waals surface area contributed by atoms with Crippen molar-refractivity contribution in [3.05, 3.63) is 16.3 Å². The highest BCUT2D eigenvalue weighted by atomic mass is 79.9. The Bertz CT molecular complexity index is 582. The summed E-state index contributed by atoms with van der Waals surface area (Å²) in [6, 6.07) is 1.18. The first kappa shape index (κ1) is 15.9. The fourth-order valence-corrected chi connectivity index (χ4v) is 4.05. The van der Waals surface area contributed by atoms with Crippen molar-refractivity contribution in [1.29, 1.82) is 0 Å². The Labute approximate surface area is 134 Å². The van der Waals surface area contributed by atoms with Crippen LogP contribution in [0.5, 0.6) is 0 Å². The summed E-state index contributed by atoms with van der Waals surface area (Å²) < 4.78 is 8.72. The highest BCUT2D eigenvalue weighted by Crippen LogP contribution is 2.25. The van der Waals surface area contributed by atoms with Gasteiger partial charge in [0.05, 0.1) is 4.88 Å². The van der Waals surface area contributed by atoms with E-state index in [9.17, 15) is 0 Å². The monoisotopic (exact) mass is 371 g/mol. The molecule has 0 spiro atoms. The normalized spacial score (nSPS) is 12.0. The van der Waals surface area contributed by atoms with E-state index in [2.05, 4.69) is 45.5 Å². The summed E-state index contributed by atoms with van der Waals surface area (Å²) in [6.45, 7) is 8.44. The van der Waals surface area contributed by atoms with Gasteiger partial charge in [0, 0.05) is 32.7 Å². The molecule has 8 heteroatoms. The molecule has 0 aliphatic carbocycles. The predicted molar refractivity (Wildman–Crippen MR) is 93.3 cm³/mol. The van der Waals surface area contributed by atoms with Crippen molar-refractivity contribution in [3.63, 3.8) is 0 Å². The average Bonchev–Trinajstić information content (AvgIpc) is 2.89. The SMILES string of the molecule is Bc1nc(Br)sc1-c1nccn1COCC[Si](C)(C)C. The highest BCUT2D eigenvalue weighted by Gasteiger charge is 2.14. The summed E-state index contributed by atoms with van der Waals surface area (Å²) in [7, 11) is 0.975. The van der Waals surface area contributed by atoms with E-state index < -0.39 is 8.07 Å². The van der Waals surface area contributed by atoms with Crippen LogP contribution in [0.4, 0.5) is 0 Å². The van der Waals surface area contributed by atoms with E-state index in [1.54, 1.807) is 11.3 Å². The van der Waals surface area contributed by atoms with Gasteiger partial charge in [-0.3, -0.25) is 0 Å². The molecule has 0 radical (unpaired) electrons. The number of imidazole rings is 1. The van der Waals surface area contributed by atoms with Crippen molar-refractivity contribution in [2.45, 2.75) is 32.4 Å². The Morgan fingerprint density at radius 2 is 2.20 bits per heavy atom. The maximum atomic E-state index is 5.79. The summed E-state index contributed by atoms with van der Waals surface area (Å²) >= 11 is 5.03. The number of thiazole rings is 1. The zero-order valence-electron chi connectivity index (χ0n) is 12.3. The smallest absolute Gasteiger partial charge is 0.166 e. The fourth-order valence-electron chi connectivity index (χ4n) is 1.73. The first-order valence-corrected chi connectivity index (χ1v) is 11.9. The van der Waals surface area contributed by atoms with Crippen molar-refractivity contribution < 1.29 is 4.74 Å². The van der Waals surface area contributed by atoms with Gasteiger partial charge in [0.2, 0.25) is 0 Å². The zero-order chi connectivity index (χ0) is 14.8. The van der Waals surface area contributed by atoms with E-state index >= 15 is 0 Å². The Kier molecular flexibility index (Phi) is 5.22. The Morgan fingerprint density at radius 3 is 2.80 bits per heavy atom. The Balaban J connectivity index is 2.01. The third-order valence-electron chi connectivity index (χ3n) is 2.92. The van der Waals surface area contributed by atoms with Crippen LogP contribution < -0.4 is 5.59 Å². The zero-order valence-corrected chi connectivity index (χ0v) is 15.7. The van der Waals surface area contributed by atoms with Gasteiger partial charge in [-0.1, -0.05) is 19.6 Å². The lowest BCUT2D eigenvalue weighted by atomic mass is 10.0. The van der Waals surface area contributed by atoms with Crippen LogP contribution in [0.2, 0.25) is 25.7 Å². The maximum Gasteiger partial charge on any atom is 0.166 e. The van der Waals surface area contributed by atoms with Crippen LogP contribution in [-0.4, -0.2) is 37.1 Å². The largest absolute Gasteiger partial charge is 0.361 e. The van der Waals surface area contributed by atoms with Gasteiger partial charge in [-0.25, -0.2) is 9.97 Å². The van der Waals surface area contributed by atoms with Gasteiger partial charge in [-0.15, -0.1) is 11.3 Å². The van der Waals surface area contributed by atoms with Crippen molar-refractivity contribution in [3.8, 4) is 10.7 Å². The van der Waals surface area contributed by atoms with Gasteiger partial charge in [-0.2, -0.15) is 0 Å². The van der Waals surface area contributed by atoms with Gasteiger partial charge >= 0.3 is 0 Å². The summed E-state index contributed by atoms with van der Waals surface area (Å²) in [4.78, 5) is 9.91. The van der Waals surface area contributed by atoms with E-state index in [1.165, 1.54) is 6.04 Å². The minimum Gasteiger partial charge on any atom is -0.361 e. The van der Waals surface area contributed by atoms with Crippen LogP contribution in [-0.2, 0) is 11.5 Å². The Morgan fingerprint density at radius 1 is 1.45 bits per heavy atom. The van der Waals surface area contributed by atoms with Crippen molar-refractivity contribution in [1.82, 2.24) is 14.5 Å². The standard InChI is InChI=1S/C12H19BBrN3OSSi/c1-20(2,3)7-6-18-8-17-5-4-15-11(17)9-10(13)16-12(14)19-9/h4-5H,6-8,13H2,1-3H3. The van der Waals surface area contributed by atoms with Crippen LogP contribution in [0.25, 0.3) is 10.7 Å². The summed E-state index contributed by atoms with van der Waals surface area (Å²) in [5, 5.41) is 0. The molecule has 0 bridgehead atoms. The third-order valence-corrected chi connectivity index (χ3v) is 6.22. The molecule has 0 aliphatic rings. The molecule has 20 heavy (non-hydrogen) atoms. The molecular formula is C12H19BBrN3OSSi. The van der Waals surface area contributed by atoms with Crippen LogP contribution >= 0.6 is 27.3 Å². The molecule has 2 rings (SSSR count). The van der Waals surface area contributed by atoms with Crippen LogP contribution in [0.3, 0.4) is 0 Å². The lowest BCUT2D eigenvalue weighted by Gasteiger charge is -2.16. The van der Waals surface area contributed by atoms with Crippen LogP contribution in [0, 0.1) is 0 Å². The first-order valence-electron chi connectivity index (χ1n) is 6.59. The van der Waals surface area contributed by atoms with Crippen LogP contribution in [0.1, 0.15) is 0 Å². The van der Waals surface area contributed by atoms with E-state index in [0.717, 1.165) is 26.8 Å². The highest BCUT2D eigenvalue weighted by molar-refractivity contribution is 9.11. The van der Waals surface area contributed by atoms with E-state index in [0.29, 0.717) is 6.73 Å². The average molecular weight is 372 g/mol. The molecule has 4 nitrogen and oxygen atoms in total. The van der Waals surface area contributed by atoms with Gasteiger partial charge in [0.1, 0.15) is 6.73 Å². The molecule has 0 unspecified atom stereocenters. The van der Waals surface area contributed by atoms with Gasteiger partial charge < -0.3 is 9.30 Å². The second-order valence-corrected chi connectivity index (χ2v) is 13.8. The molecule has 2 aromatic rings. The Hall–Kier alpha value is -0.438. The molecule has 0 amide bonds. The van der Waals surface area contributed by atoms with Crippen molar-refractivity contribution in [2.24, 2.45) is 0 Å². The molecule has 0 atom stereocenters. The van der Waals surface area contributed by atoms with E-state index in [1.807, 2.05) is 24.8 Å². The summed E-state index contributed by atoms with van der Waals surface area (Å²) in [5.41, 5.74) is 0.997. The summed E-state index contributed by atoms with van der Waals surface area (Å²) in [6.07, 6.45) is 3.77. The molecule has 108 valence electrons. The maximum absolute atomic E-state index is 5.79. The number of hydrogen-bond acceptors (Lipinski definition) is 4. The second-order valence-electron chi connectivity index (χ2n) is 5.95. The number of aromatic nitrogens is 3. The molecule has 0 aliphatic heterocycles. The summed E-state index contributed by atoms with van der Waals surface area (Å²) in [5.74, 6) is 0.929. The van der Waals surface area contributed by atoms with Gasteiger partial charge in [-0.05, 0) is 22.0 Å². The molecule has 0 saturated heterocycles. The molecular weight excluding hydrogens is 353 g/mol. The van der Waals surface area contributed by atoms with Gasteiger partial charge in [0.15, 0.2) is 17.6 Å². The topological polar surface area (TPSA) is 39.9 Å². The molecule has 2 heterocycles. The molecule has 0 saturated carbocycles. The van der Waals surface area contributed by atoms with Crippen molar-refractivity contribution in [2.75, 3.05) is 6.61 Å². The lowest BCUT2D eigenvalue weighted by molar-refractivity contribution is 0.0883. The minimum absolute atomic E-state index is 0.550. The van der Waals surface area contributed by atoms with E-state index in [4.69, 9.17) is 4.74 Å². The number of nitrogens with zero attached hydrogens (tertiary/aromatic N) is 3. The number of halogens is 1. The lowest BCUT2D eigenvalue weighted by Crippen LogP contribution is -2.22. The number of hydrogen-bond donors (Lipinski definition) is 0.